The van der Waals surface area contributed by atoms with Crippen LogP contribution in [0.2, 0.25) is 0 Å². The second kappa shape index (κ2) is 3.56. The minimum Gasteiger partial charge on any atom is -0.363 e. The molecule has 2 aromatic heterocycles. The van der Waals surface area contributed by atoms with Crippen molar-refractivity contribution in [2.45, 2.75) is 13.0 Å². The first-order valence-electron chi connectivity index (χ1n) is 5.55. The summed E-state index contributed by atoms with van der Waals surface area (Å²) in [4.78, 5) is 3.27. The number of rotatable bonds is 2. The maximum Gasteiger partial charge on any atom is 0.0706 e. The molecule has 0 saturated carbocycles. The van der Waals surface area contributed by atoms with E-state index in [2.05, 4.69) is 59.1 Å². The molecule has 2 heteroatoms. The SMILES string of the molecule is CC(c1ccc[nH]1)n1ccc2ccccc21. The standard InChI is InChI=1S/C14H14N2/c1-11(13-6-4-9-15-13)16-10-8-12-5-2-3-7-14(12)16/h2-11,15H,1H3. The molecule has 3 aromatic rings. The average molecular weight is 210 g/mol. The van der Waals surface area contributed by atoms with Gasteiger partial charge in [0.1, 0.15) is 0 Å². The molecule has 16 heavy (non-hydrogen) atoms. The summed E-state index contributed by atoms with van der Waals surface area (Å²) in [5, 5.41) is 1.29. The lowest BCUT2D eigenvalue weighted by Gasteiger charge is -2.13. The van der Waals surface area contributed by atoms with Crippen LogP contribution in [0.25, 0.3) is 10.9 Å². The fourth-order valence-corrected chi connectivity index (χ4v) is 2.20. The van der Waals surface area contributed by atoms with Crippen molar-refractivity contribution in [2.24, 2.45) is 0 Å². The highest BCUT2D eigenvalue weighted by Gasteiger charge is 2.10. The Kier molecular flexibility index (Phi) is 2.07. The number of benzene rings is 1. The van der Waals surface area contributed by atoms with E-state index in [1.54, 1.807) is 0 Å². The van der Waals surface area contributed by atoms with Crippen LogP contribution in [0, 0.1) is 0 Å². The van der Waals surface area contributed by atoms with Gasteiger partial charge >= 0.3 is 0 Å². The van der Waals surface area contributed by atoms with E-state index >= 15 is 0 Å². The Bertz CT molecular complexity index is 590. The van der Waals surface area contributed by atoms with E-state index in [1.165, 1.54) is 16.6 Å². The molecule has 0 radical (unpaired) electrons. The van der Waals surface area contributed by atoms with E-state index in [0.717, 1.165) is 0 Å². The summed E-state index contributed by atoms with van der Waals surface area (Å²) in [6.45, 7) is 2.21. The van der Waals surface area contributed by atoms with Crippen molar-refractivity contribution >= 4 is 10.9 Å². The Labute approximate surface area is 94.5 Å². The fraction of sp³-hybridized carbons (Fsp3) is 0.143. The first-order chi connectivity index (χ1) is 7.86. The summed E-state index contributed by atoms with van der Waals surface area (Å²) in [5.41, 5.74) is 2.52. The maximum atomic E-state index is 3.27. The van der Waals surface area contributed by atoms with Crippen LogP contribution in [-0.2, 0) is 0 Å². The number of hydrogen-bond acceptors (Lipinski definition) is 0. The lowest BCUT2D eigenvalue weighted by atomic mass is 10.2. The van der Waals surface area contributed by atoms with Crippen LogP contribution in [-0.4, -0.2) is 9.55 Å². The lowest BCUT2D eigenvalue weighted by Crippen LogP contribution is -2.05. The number of nitrogens with zero attached hydrogens (tertiary/aromatic N) is 1. The third kappa shape index (κ3) is 1.34. The van der Waals surface area contributed by atoms with Crippen LogP contribution < -0.4 is 0 Å². The quantitative estimate of drug-likeness (QED) is 0.667. The molecule has 0 spiro atoms. The highest BCUT2D eigenvalue weighted by Crippen LogP contribution is 2.23. The van der Waals surface area contributed by atoms with Crippen LogP contribution in [0.5, 0.6) is 0 Å². The summed E-state index contributed by atoms with van der Waals surface area (Å²) in [7, 11) is 0. The monoisotopic (exact) mass is 210 g/mol. The molecule has 0 aliphatic rings. The van der Waals surface area contributed by atoms with Gasteiger partial charge in [0.25, 0.3) is 0 Å². The molecule has 0 saturated heterocycles. The first kappa shape index (κ1) is 9.28. The predicted molar refractivity (Wildman–Crippen MR) is 66.5 cm³/mol. The molecule has 0 amide bonds. The van der Waals surface area contributed by atoms with E-state index in [9.17, 15) is 0 Å². The molecule has 1 aromatic carbocycles. The van der Waals surface area contributed by atoms with Crippen LogP contribution in [0.3, 0.4) is 0 Å². The zero-order valence-electron chi connectivity index (χ0n) is 9.22. The third-order valence-electron chi connectivity index (χ3n) is 3.12. The summed E-state index contributed by atoms with van der Waals surface area (Å²) < 4.78 is 2.29. The Balaban J connectivity index is 2.12. The van der Waals surface area contributed by atoms with Gasteiger partial charge in [-0.2, -0.15) is 0 Å². The zero-order valence-corrected chi connectivity index (χ0v) is 9.22. The van der Waals surface area contributed by atoms with E-state index < -0.39 is 0 Å². The number of para-hydroxylation sites is 1. The molecule has 3 rings (SSSR count). The number of fused-ring (bicyclic) bond motifs is 1. The second-order valence-corrected chi connectivity index (χ2v) is 4.08. The van der Waals surface area contributed by atoms with Gasteiger partial charge in [-0.05, 0) is 36.6 Å². The van der Waals surface area contributed by atoms with Gasteiger partial charge in [-0.15, -0.1) is 0 Å². The summed E-state index contributed by atoms with van der Waals surface area (Å²) in [5.74, 6) is 0. The van der Waals surface area contributed by atoms with E-state index in [-0.39, 0.29) is 0 Å². The highest BCUT2D eigenvalue weighted by atomic mass is 15.0. The van der Waals surface area contributed by atoms with Gasteiger partial charge in [-0.25, -0.2) is 0 Å². The predicted octanol–water partition coefficient (Wildman–Crippen LogP) is 3.58. The number of nitrogens with one attached hydrogen (secondary N) is 1. The normalized spacial score (nSPS) is 13.1. The lowest BCUT2D eigenvalue weighted by molar-refractivity contribution is 0.647. The van der Waals surface area contributed by atoms with Crippen LogP contribution in [0.4, 0.5) is 0 Å². The van der Waals surface area contributed by atoms with Crippen molar-refractivity contribution in [3.8, 4) is 0 Å². The minimum absolute atomic E-state index is 0.342. The van der Waals surface area contributed by atoms with Crippen LogP contribution in [0.1, 0.15) is 18.7 Å². The summed E-state index contributed by atoms with van der Waals surface area (Å²) >= 11 is 0. The van der Waals surface area contributed by atoms with Gasteiger partial charge in [-0.1, -0.05) is 18.2 Å². The number of aromatic amines is 1. The van der Waals surface area contributed by atoms with Crippen molar-refractivity contribution in [1.82, 2.24) is 9.55 Å². The van der Waals surface area contributed by atoms with Crippen molar-refractivity contribution in [3.05, 3.63) is 60.6 Å². The van der Waals surface area contributed by atoms with Crippen molar-refractivity contribution in [1.29, 1.82) is 0 Å². The molecule has 0 bridgehead atoms. The molecular formula is C14H14N2. The van der Waals surface area contributed by atoms with Crippen molar-refractivity contribution in [2.75, 3.05) is 0 Å². The first-order valence-corrected chi connectivity index (χ1v) is 5.55. The molecule has 0 fully saturated rings. The Morgan fingerprint density at radius 1 is 1.06 bits per heavy atom. The molecule has 80 valence electrons. The van der Waals surface area contributed by atoms with Crippen LogP contribution >= 0.6 is 0 Å². The molecular weight excluding hydrogens is 196 g/mol. The maximum absolute atomic E-state index is 3.27. The van der Waals surface area contributed by atoms with Gasteiger partial charge < -0.3 is 9.55 Å². The minimum atomic E-state index is 0.342. The molecule has 2 heterocycles. The second-order valence-electron chi connectivity index (χ2n) is 4.08. The third-order valence-corrected chi connectivity index (χ3v) is 3.12. The van der Waals surface area contributed by atoms with Gasteiger partial charge in [0.2, 0.25) is 0 Å². The summed E-state index contributed by atoms with van der Waals surface area (Å²) in [6, 6.07) is 15.1. The molecule has 0 aliphatic heterocycles. The Hall–Kier alpha value is -1.96. The summed E-state index contributed by atoms with van der Waals surface area (Å²) in [6.07, 6.45) is 4.12. The number of aromatic nitrogens is 2. The van der Waals surface area contributed by atoms with E-state index in [1.807, 2.05) is 12.3 Å². The Morgan fingerprint density at radius 3 is 2.75 bits per heavy atom. The number of hydrogen-bond donors (Lipinski definition) is 1. The van der Waals surface area contributed by atoms with Crippen molar-refractivity contribution < 1.29 is 0 Å². The van der Waals surface area contributed by atoms with Gasteiger partial charge in [0, 0.05) is 23.6 Å². The zero-order chi connectivity index (χ0) is 11.0. The fourth-order valence-electron chi connectivity index (χ4n) is 2.20. The van der Waals surface area contributed by atoms with Crippen molar-refractivity contribution in [3.63, 3.8) is 0 Å². The topological polar surface area (TPSA) is 20.7 Å². The smallest absolute Gasteiger partial charge is 0.0706 e. The largest absolute Gasteiger partial charge is 0.363 e. The highest BCUT2D eigenvalue weighted by molar-refractivity contribution is 5.80. The molecule has 0 aliphatic carbocycles. The average Bonchev–Trinajstić information content (AvgIpc) is 2.98. The molecule has 2 nitrogen and oxygen atoms in total. The van der Waals surface area contributed by atoms with E-state index in [4.69, 9.17) is 0 Å². The number of H-pyrrole nitrogens is 1. The van der Waals surface area contributed by atoms with Gasteiger partial charge in [0.05, 0.1) is 6.04 Å². The van der Waals surface area contributed by atoms with Gasteiger partial charge in [-0.3, -0.25) is 0 Å². The molecule has 1 unspecified atom stereocenters. The molecule has 1 atom stereocenters. The van der Waals surface area contributed by atoms with E-state index in [0.29, 0.717) is 6.04 Å². The van der Waals surface area contributed by atoms with Gasteiger partial charge in [0.15, 0.2) is 0 Å². The molecule has 1 N–H and O–H groups in total. The Morgan fingerprint density at radius 2 is 1.94 bits per heavy atom. The van der Waals surface area contributed by atoms with Crippen LogP contribution in [0.15, 0.2) is 54.9 Å².